The lowest BCUT2D eigenvalue weighted by atomic mass is 9.94. The van der Waals surface area contributed by atoms with Crippen LogP contribution >= 0.6 is 0 Å². The van der Waals surface area contributed by atoms with Crippen molar-refractivity contribution >= 4 is 65.7 Å². The van der Waals surface area contributed by atoms with Crippen LogP contribution in [0, 0.1) is 0 Å². The van der Waals surface area contributed by atoms with E-state index >= 15 is 0 Å². The van der Waals surface area contributed by atoms with Crippen LogP contribution < -0.4 is 0 Å². The summed E-state index contributed by atoms with van der Waals surface area (Å²) in [4.78, 5) is 15.0. The van der Waals surface area contributed by atoms with Gasteiger partial charge in [0.15, 0.2) is 17.5 Å². The van der Waals surface area contributed by atoms with Crippen molar-refractivity contribution in [1.29, 1.82) is 0 Å². The molecule has 0 aliphatic rings. The molecule has 12 rings (SSSR count). The van der Waals surface area contributed by atoms with Gasteiger partial charge >= 0.3 is 0 Å². The van der Waals surface area contributed by atoms with Gasteiger partial charge in [-0.15, -0.1) is 0 Å². The van der Waals surface area contributed by atoms with E-state index in [1.54, 1.807) is 0 Å². The average molecular weight is 731 g/mol. The molecule has 4 aromatic heterocycles. The molecule has 266 valence electrons. The number of furan rings is 2. The Kier molecular flexibility index (Phi) is 6.83. The monoisotopic (exact) mass is 730 g/mol. The molecule has 0 spiro atoms. The first kappa shape index (κ1) is 31.5. The highest BCUT2D eigenvalue weighted by molar-refractivity contribution is 6.22. The molecule has 8 aromatic carbocycles. The van der Waals surface area contributed by atoms with Crippen molar-refractivity contribution in [3.05, 3.63) is 182 Å². The van der Waals surface area contributed by atoms with E-state index in [4.69, 9.17) is 23.8 Å². The van der Waals surface area contributed by atoms with E-state index < -0.39 is 0 Å². The molecular formula is C51H30N4O2. The van der Waals surface area contributed by atoms with Crippen molar-refractivity contribution in [3.8, 4) is 51.0 Å². The van der Waals surface area contributed by atoms with E-state index in [1.807, 2.05) is 78.9 Å². The van der Waals surface area contributed by atoms with Gasteiger partial charge in [0.25, 0.3) is 0 Å². The molecule has 0 amide bonds. The minimum atomic E-state index is 0.593. The molecule has 0 radical (unpaired) electrons. The van der Waals surface area contributed by atoms with Gasteiger partial charge < -0.3 is 13.4 Å². The Bertz CT molecular complexity index is 3410. The van der Waals surface area contributed by atoms with Crippen LogP contribution in [0.2, 0.25) is 0 Å². The van der Waals surface area contributed by atoms with Crippen molar-refractivity contribution < 1.29 is 8.83 Å². The average Bonchev–Trinajstić information content (AvgIpc) is 3.96. The maximum atomic E-state index is 6.67. The van der Waals surface area contributed by atoms with Crippen molar-refractivity contribution in [2.45, 2.75) is 0 Å². The number of hydrogen-bond acceptors (Lipinski definition) is 5. The van der Waals surface area contributed by atoms with Gasteiger partial charge in [-0.05, 0) is 65.7 Å². The molecule has 0 N–H and O–H groups in total. The summed E-state index contributed by atoms with van der Waals surface area (Å²) < 4.78 is 15.6. The van der Waals surface area contributed by atoms with Crippen molar-refractivity contribution in [1.82, 2.24) is 19.5 Å². The van der Waals surface area contributed by atoms with Crippen molar-refractivity contribution in [2.75, 3.05) is 0 Å². The number of nitrogens with zero attached hydrogens (tertiary/aromatic N) is 4. The second kappa shape index (κ2) is 12.3. The lowest BCUT2D eigenvalue weighted by Gasteiger charge is -2.11. The van der Waals surface area contributed by atoms with E-state index in [0.29, 0.717) is 17.5 Å². The third kappa shape index (κ3) is 4.87. The standard InChI is InChI=1S/C51H30N4O2/c1-3-14-31(15-4-1)49-52-50(32-16-5-2-6-17-32)54-51(53-49)33-28-29-42-38(30-33)46-36(20-11-25-43(46)56-42)37-21-12-26-44-47(37)48-41(24-13-27-45(48)57-44)55-39-22-9-7-18-34(39)35-19-8-10-23-40(35)55/h1-30H. The number of para-hydroxylation sites is 2. The predicted molar refractivity (Wildman–Crippen MR) is 230 cm³/mol. The van der Waals surface area contributed by atoms with Crippen molar-refractivity contribution in [3.63, 3.8) is 0 Å². The topological polar surface area (TPSA) is 69.9 Å². The first-order valence-electron chi connectivity index (χ1n) is 19.0. The number of benzene rings is 8. The third-order valence-electron chi connectivity index (χ3n) is 11.1. The highest BCUT2D eigenvalue weighted by Gasteiger charge is 2.22. The molecule has 0 fully saturated rings. The number of rotatable bonds is 5. The van der Waals surface area contributed by atoms with E-state index in [0.717, 1.165) is 88.4 Å². The highest BCUT2D eigenvalue weighted by Crippen LogP contribution is 2.45. The summed E-state index contributed by atoms with van der Waals surface area (Å²) >= 11 is 0. The summed E-state index contributed by atoms with van der Waals surface area (Å²) in [7, 11) is 0. The maximum Gasteiger partial charge on any atom is 0.164 e. The first-order valence-corrected chi connectivity index (χ1v) is 19.0. The molecule has 0 saturated carbocycles. The Morgan fingerprint density at radius 3 is 1.46 bits per heavy atom. The van der Waals surface area contributed by atoms with Gasteiger partial charge in [-0.2, -0.15) is 0 Å². The minimum Gasteiger partial charge on any atom is -0.456 e. The lowest BCUT2D eigenvalue weighted by molar-refractivity contribution is 0.668. The van der Waals surface area contributed by atoms with Crippen LogP contribution in [0.25, 0.3) is 117 Å². The fraction of sp³-hybridized carbons (Fsp3) is 0. The Morgan fingerprint density at radius 2 is 0.825 bits per heavy atom. The van der Waals surface area contributed by atoms with Crippen LogP contribution in [0.5, 0.6) is 0 Å². The first-order chi connectivity index (χ1) is 28.3. The summed E-state index contributed by atoms with van der Waals surface area (Å²) in [5.41, 5.74) is 11.5. The third-order valence-corrected chi connectivity index (χ3v) is 11.1. The lowest BCUT2D eigenvalue weighted by Crippen LogP contribution is -2.00. The van der Waals surface area contributed by atoms with Crippen LogP contribution in [-0.4, -0.2) is 19.5 Å². The van der Waals surface area contributed by atoms with Crippen LogP contribution in [0.1, 0.15) is 0 Å². The SMILES string of the molecule is c1ccc(-c2nc(-c3ccccc3)nc(-c3ccc4oc5cccc(-c6cccc7oc8cccc(-n9c%10ccccc%10c%10ccccc%109)c8c67)c5c4c3)n2)cc1. The molecule has 12 aromatic rings. The number of aromatic nitrogens is 4. The fourth-order valence-electron chi connectivity index (χ4n) is 8.57. The highest BCUT2D eigenvalue weighted by atomic mass is 16.3. The summed E-state index contributed by atoms with van der Waals surface area (Å²) in [5.74, 6) is 1.83. The Hall–Kier alpha value is -7.83. The largest absolute Gasteiger partial charge is 0.456 e. The van der Waals surface area contributed by atoms with Gasteiger partial charge in [-0.3, -0.25) is 0 Å². The second-order valence-corrected chi connectivity index (χ2v) is 14.3. The maximum absolute atomic E-state index is 6.67. The van der Waals surface area contributed by atoms with Crippen LogP contribution in [0.15, 0.2) is 191 Å². The van der Waals surface area contributed by atoms with Gasteiger partial charge in [0.1, 0.15) is 22.3 Å². The summed E-state index contributed by atoms with van der Waals surface area (Å²) in [6.07, 6.45) is 0. The van der Waals surface area contributed by atoms with Crippen LogP contribution in [-0.2, 0) is 0 Å². The molecule has 6 nitrogen and oxygen atoms in total. The normalized spacial score (nSPS) is 11.9. The minimum absolute atomic E-state index is 0.593. The zero-order valence-corrected chi connectivity index (χ0v) is 30.4. The molecule has 0 bridgehead atoms. The molecule has 4 heterocycles. The number of fused-ring (bicyclic) bond motifs is 9. The molecule has 0 unspecified atom stereocenters. The van der Waals surface area contributed by atoms with Crippen LogP contribution in [0.4, 0.5) is 0 Å². The molecule has 57 heavy (non-hydrogen) atoms. The van der Waals surface area contributed by atoms with Gasteiger partial charge in [0.05, 0.1) is 22.1 Å². The summed E-state index contributed by atoms with van der Waals surface area (Å²) in [6, 6.07) is 62.6. The van der Waals surface area contributed by atoms with E-state index in [-0.39, 0.29) is 0 Å². The van der Waals surface area contributed by atoms with E-state index in [1.165, 1.54) is 10.8 Å². The van der Waals surface area contributed by atoms with Gasteiger partial charge in [-0.25, -0.2) is 15.0 Å². The Balaban J connectivity index is 1.10. The summed E-state index contributed by atoms with van der Waals surface area (Å²) in [5, 5.41) is 6.55. The molecular weight excluding hydrogens is 701 g/mol. The molecule has 0 aliphatic heterocycles. The molecule has 6 heteroatoms. The smallest absolute Gasteiger partial charge is 0.164 e. The predicted octanol–water partition coefficient (Wildman–Crippen LogP) is 13.4. The van der Waals surface area contributed by atoms with Gasteiger partial charge in [-0.1, -0.05) is 127 Å². The van der Waals surface area contributed by atoms with Gasteiger partial charge in [0.2, 0.25) is 0 Å². The quantitative estimate of drug-likeness (QED) is 0.176. The van der Waals surface area contributed by atoms with Gasteiger partial charge in [0, 0.05) is 43.6 Å². The Morgan fingerprint density at radius 1 is 0.333 bits per heavy atom. The molecule has 0 aliphatic carbocycles. The fourth-order valence-corrected chi connectivity index (χ4v) is 8.57. The number of hydrogen-bond donors (Lipinski definition) is 0. The second-order valence-electron chi connectivity index (χ2n) is 14.3. The zero-order chi connectivity index (χ0) is 37.5. The van der Waals surface area contributed by atoms with Crippen molar-refractivity contribution in [2.24, 2.45) is 0 Å². The van der Waals surface area contributed by atoms with E-state index in [2.05, 4.69) is 108 Å². The molecule has 0 atom stereocenters. The van der Waals surface area contributed by atoms with E-state index in [9.17, 15) is 0 Å². The molecule has 0 saturated heterocycles. The van der Waals surface area contributed by atoms with Crippen LogP contribution in [0.3, 0.4) is 0 Å². The summed E-state index contributed by atoms with van der Waals surface area (Å²) in [6.45, 7) is 0. The zero-order valence-electron chi connectivity index (χ0n) is 30.4. The Labute approximate surface area is 325 Å².